The maximum absolute atomic E-state index is 4.41. The molecule has 2 aromatic rings. The Hall–Kier alpha value is -1.91. The lowest BCUT2D eigenvalue weighted by Gasteiger charge is -2.07. The van der Waals surface area contributed by atoms with Gasteiger partial charge in [-0.3, -0.25) is 4.57 Å². The van der Waals surface area contributed by atoms with E-state index in [1.54, 1.807) is 12.5 Å². The lowest BCUT2D eigenvalue weighted by molar-refractivity contribution is 0.917. The van der Waals surface area contributed by atoms with Crippen molar-refractivity contribution in [3.05, 3.63) is 30.5 Å². The van der Waals surface area contributed by atoms with Crippen LogP contribution >= 0.6 is 0 Å². The van der Waals surface area contributed by atoms with Crippen LogP contribution in [-0.4, -0.2) is 26.1 Å². The summed E-state index contributed by atoms with van der Waals surface area (Å²) in [6.07, 6.45) is 6.38. The van der Waals surface area contributed by atoms with E-state index in [0.29, 0.717) is 5.95 Å². The zero-order valence-corrected chi connectivity index (χ0v) is 9.51. The van der Waals surface area contributed by atoms with Crippen LogP contribution in [0.1, 0.15) is 19.0 Å². The Kier molecular flexibility index (Phi) is 3.14. The molecule has 5 heteroatoms. The highest BCUT2D eigenvalue weighted by Crippen LogP contribution is 2.09. The molecule has 0 aliphatic carbocycles. The number of hydrogen-bond donors (Lipinski definition) is 1. The summed E-state index contributed by atoms with van der Waals surface area (Å²) in [5.41, 5.74) is 0.942. The van der Waals surface area contributed by atoms with Gasteiger partial charge < -0.3 is 5.32 Å². The van der Waals surface area contributed by atoms with Crippen LogP contribution < -0.4 is 5.32 Å². The van der Waals surface area contributed by atoms with Gasteiger partial charge in [0.25, 0.3) is 0 Å². The predicted octanol–water partition coefficient (Wildman–Crippen LogP) is 1.79. The summed E-state index contributed by atoms with van der Waals surface area (Å²) in [5, 5.41) is 3.18. The normalized spacial score (nSPS) is 10.4. The molecule has 2 rings (SSSR count). The summed E-state index contributed by atoms with van der Waals surface area (Å²) in [7, 11) is 0. The lowest BCUT2D eigenvalue weighted by Crippen LogP contribution is -2.07. The molecule has 0 saturated heterocycles. The number of hydrogen-bond acceptors (Lipinski definition) is 4. The molecule has 0 saturated carbocycles. The van der Waals surface area contributed by atoms with Gasteiger partial charge in [-0.05, 0) is 13.3 Å². The van der Waals surface area contributed by atoms with Crippen molar-refractivity contribution in [1.82, 2.24) is 19.5 Å². The van der Waals surface area contributed by atoms with E-state index >= 15 is 0 Å². The van der Waals surface area contributed by atoms with Gasteiger partial charge in [0.2, 0.25) is 5.95 Å². The van der Waals surface area contributed by atoms with E-state index in [9.17, 15) is 0 Å². The zero-order valence-electron chi connectivity index (χ0n) is 9.51. The van der Waals surface area contributed by atoms with Gasteiger partial charge in [-0.1, -0.05) is 6.92 Å². The van der Waals surface area contributed by atoms with Crippen molar-refractivity contribution in [2.45, 2.75) is 20.3 Å². The highest BCUT2D eigenvalue weighted by atomic mass is 15.2. The Morgan fingerprint density at radius 1 is 1.38 bits per heavy atom. The minimum absolute atomic E-state index is 0.672. The molecule has 0 aromatic carbocycles. The summed E-state index contributed by atoms with van der Waals surface area (Å²) >= 11 is 0. The quantitative estimate of drug-likeness (QED) is 0.848. The first-order chi connectivity index (χ1) is 7.79. The second-order valence-electron chi connectivity index (χ2n) is 3.59. The number of nitrogens with zero attached hydrogens (tertiary/aromatic N) is 4. The third-order valence-corrected chi connectivity index (χ3v) is 2.14. The molecule has 16 heavy (non-hydrogen) atoms. The molecular formula is C11H15N5. The second-order valence-corrected chi connectivity index (χ2v) is 3.59. The molecule has 84 valence electrons. The molecule has 5 nitrogen and oxygen atoms in total. The molecule has 0 amide bonds. The fourth-order valence-corrected chi connectivity index (χ4v) is 1.39. The van der Waals surface area contributed by atoms with Gasteiger partial charge in [0.1, 0.15) is 12.1 Å². The third-order valence-electron chi connectivity index (χ3n) is 2.14. The van der Waals surface area contributed by atoms with Crippen LogP contribution in [0.15, 0.2) is 24.8 Å². The molecule has 0 bridgehead atoms. The van der Waals surface area contributed by atoms with Gasteiger partial charge >= 0.3 is 0 Å². The van der Waals surface area contributed by atoms with Gasteiger partial charge in [0.15, 0.2) is 0 Å². The summed E-state index contributed by atoms with van der Waals surface area (Å²) in [4.78, 5) is 12.7. The van der Waals surface area contributed by atoms with Crippen molar-refractivity contribution < 1.29 is 0 Å². The average molecular weight is 217 g/mol. The molecule has 1 N–H and O–H groups in total. The summed E-state index contributed by atoms with van der Waals surface area (Å²) in [6.45, 7) is 4.95. The number of aromatic nitrogens is 4. The Balaban J connectivity index is 2.29. The number of nitrogens with one attached hydrogen (secondary N) is 1. The van der Waals surface area contributed by atoms with Crippen LogP contribution in [0.25, 0.3) is 5.82 Å². The number of anilines is 1. The van der Waals surface area contributed by atoms with E-state index in [2.05, 4.69) is 27.2 Å². The summed E-state index contributed by atoms with van der Waals surface area (Å²) < 4.78 is 1.87. The van der Waals surface area contributed by atoms with Crippen molar-refractivity contribution in [2.24, 2.45) is 0 Å². The SMILES string of the molecule is CCCNc1nc(C)cc(-n2ccnc2)n1. The first kappa shape index (κ1) is 10.6. The Morgan fingerprint density at radius 2 is 2.25 bits per heavy atom. The zero-order chi connectivity index (χ0) is 11.4. The first-order valence-electron chi connectivity index (χ1n) is 5.37. The molecule has 0 aliphatic heterocycles. The maximum atomic E-state index is 4.41. The van der Waals surface area contributed by atoms with E-state index in [4.69, 9.17) is 0 Å². The first-order valence-corrected chi connectivity index (χ1v) is 5.37. The predicted molar refractivity (Wildman–Crippen MR) is 62.7 cm³/mol. The van der Waals surface area contributed by atoms with E-state index in [-0.39, 0.29) is 0 Å². The maximum Gasteiger partial charge on any atom is 0.224 e. The van der Waals surface area contributed by atoms with E-state index in [1.807, 2.05) is 23.8 Å². The molecule has 0 radical (unpaired) electrons. The van der Waals surface area contributed by atoms with Crippen LogP contribution in [0.3, 0.4) is 0 Å². The van der Waals surface area contributed by atoms with E-state index < -0.39 is 0 Å². The van der Waals surface area contributed by atoms with Crippen molar-refractivity contribution in [3.63, 3.8) is 0 Å². The highest BCUT2D eigenvalue weighted by molar-refractivity contribution is 5.34. The Labute approximate surface area is 94.6 Å². The summed E-state index contributed by atoms with van der Waals surface area (Å²) in [5.74, 6) is 1.51. The van der Waals surface area contributed by atoms with Crippen molar-refractivity contribution in [1.29, 1.82) is 0 Å². The van der Waals surface area contributed by atoms with Crippen molar-refractivity contribution in [3.8, 4) is 5.82 Å². The minimum atomic E-state index is 0.672. The van der Waals surface area contributed by atoms with Crippen LogP contribution in [0.2, 0.25) is 0 Å². The average Bonchev–Trinajstić information content (AvgIpc) is 2.79. The molecule has 2 aromatic heterocycles. The van der Waals surface area contributed by atoms with Crippen LogP contribution in [0.5, 0.6) is 0 Å². The third kappa shape index (κ3) is 2.36. The molecule has 0 spiro atoms. The molecule has 0 unspecified atom stereocenters. The lowest BCUT2D eigenvalue weighted by atomic mass is 10.4. The molecule has 0 fully saturated rings. The van der Waals surface area contributed by atoms with Gasteiger partial charge in [-0.15, -0.1) is 0 Å². The molecule has 0 aliphatic rings. The van der Waals surface area contributed by atoms with Crippen LogP contribution in [0, 0.1) is 6.92 Å². The van der Waals surface area contributed by atoms with Gasteiger partial charge in [0.05, 0.1) is 0 Å². The van der Waals surface area contributed by atoms with Crippen LogP contribution in [0.4, 0.5) is 5.95 Å². The van der Waals surface area contributed by atoms with E-state index in [1.165, 1.54) is 0 Å². The largest absolute Gasteiger partial charge is 0.354 e. The molecule has 2 heterocycles. The van der Waals surface area contributed by atoms with Crippen molar-refractivity contribution in [2.75, 3.05) is 11.9 Å². The highest BCUT2D eigenvalue weighted by Gasteiger charge is 2.02. The van der Waals surface area contributed by atoms with Gasteiger partial charge in [-0.25, -0.2) is 9.97 Å². The van der Waals surface area contributed by atoms with Crippen molar-refractivity contribution >= 4 is 5.95 Å². The standard InChI is InChI=1S/C11H15N5/c1-3-4-13-11-14-9(2)7-10(15-11)16-6-5-12-8-16/h5-8H,3-4H2,1-2H3,(H,13,14,15). The topological polar surface area (TPSA) is 55.6 Å². The smallest absolute Gasteiger partial charge is 0.224 e. The fraction of sp³-hybridized carbons (Fsp3) is 0.364. The van der Waals surface area contributed by atoms with Gasteiger partial charge in [0, 0.05) is 30.7 Å². The fourth-order valence-electron chi connectivity index (χ4n) is 1.39. The number of imidazole rings is 1. The second kappa shape index (κ2) is 4.74. The monoisotopic (exact) mass is 217 g/mol. The number of aryl methyl sites for hydroxylation is 1. The summed E-state index contributed by atoms with van der Waals surface area (Å²) in [6, 6.07) is 1.93. The molecular weight excluding hydrogens is 202 g/mol. The molecule has 0 atom stereocenters. The van der Waals surface area contributed by atoms with Crippen LogP contribution in [-0.2, 0) is 0 Å². The van der Waals surface area contributed by atoms with E-state index in [0.717, 1.165) is 24.5 Å². The Bertz CT molecular complexity index is 449. The number of rotatable bonds is 4. The van der Waals surface area contributed by atoms with Gasteiger partial charge in [-0.2, -0.15) is 4.98 Å². The Morgan fingerprint density at radius 3 is 2.94 bits per heavy atom. The minimum Gasteiger partial charge on any atom is -0.354 e.